The van der Waals surface area contributed by atoms with Crippen molar-refractivity contribution in [1.82, 2.24) is 0 Å². The van der Waals surface area contributed by atoms with Crippen molar-refractivity contribution in [1.29, 1.82) is 0 Å². The average Bonchev–Trinajstić information content (AvgIpc) is 3.06. The monoisotopic (exact) mass is 680 g/mol. The zero-order chi connectivity index (χ0) is 36.6. The van der Waals surface area contributed by atoms with Gasteiger partial charge in [0.15, 0.2) is 11.6 Å². The molecule has 0 amide bonds. The van der Waals surface area contributed by atoms with E-state index in [1.165, 1.54) is 0 Å². The fraction of sp³-hybridized carbons (Fsp3) is 0.381. The minimum Gasteiger partial charge on any atom is -0.507 e. The molecule has 4 N–H and O–H groups in total. The van der Waals surface area contributed by atoms with Crippen molar-refractivity contribution >= 4 is 34.3 Å². The van der Waals surface area contributed by atoms with Gasteiger partial charge < -0.3 is 25.6 Å². The van der Waals surface area contributed by atoms with Gasteiger partial charge in [-0.2, -0.15) is 0 Å². The van der Waals surface area contributed by atoms with Gasteiger partial charge in [-0.05, 0) is 64.5 Å². The lowest BCUT2D eigenvalue weighted by atomic mass is 9.81. The van der Waals surface area contributed by atoms with Crippen LogP contribution in [0.3, 0.4) is 0 Å². The number of benzene rings is 4. The van der Waals surface area contributed by atoms with Crippen LogP contribution in [0.4, 0.5) is 27.1 Å². The van der Waals surface area contributed by atoms with Crippen molar-refractivity contribution in [3.8, 4) is 17.2 Å². The minimum absolute atomic E-state index is 0.00508. The Morgan fingerprint density at radius 2 is 1.00 bits per heavy atom. The molecule has 0 saturated heterocycles. The zero-order valence-corrected chi connectivity index (χ0v) is 30.5. The number of hydrogen-bond donors (Lipinski definition) is 4. The molecule has 1 aliphatic carbocycles. The van der Waals surface area contributed by atoms with E-state index < -0.39 is 40.0 Å². The predicted molar refractivity (Wildman–Crippen MR) is 199 cm³/mol. The number of nitrogens with one attached hydrogen (secondary N) is 2. The Balaban J connectivity index is 1.94. The van der Waals surface area contributed by atoms with Crippen LogP contribution in [-0.2, 0) is 0 Å². The molecule has 0 radical (unpaired) electrons. The number of fused-ring (bicyclic) bond motifs is 2. The third-order valence-corrected chi connectivity index (χ3v) is 9.45. The van der Waals surface area contributed by atoms with E-state index in [1.807, 2.05) is 43.3 Å². The number of para-hydroxylation sites is 2. The highest BCUT2D eigenvalue weighted by Gasteiger charge is 2.42. The number of halogens is 1. The van der Waals surface area contributed by atoms with Gasteiger partial charge in [0, 0.05) is 11.4 Å². The van der Waals surface area contributed by atoms with Gasteiger partial charge >= 0.3 is 0 Å². The van der Waals surface area contributed by atoms with Crippen LogP contribution in [0.25, 0.3) is 0 Å². The highest BCUT2D eigenvalue weighted by atomic mass is 19.1. The van der Waals surface area contributed by atoms with Crippen molar-refractivity contribution in [2.45, 2.75) is 98.8 Å². The maximum atomic E-state index is 17.6. The number of carbonyl (C=O) groups is 2. The number of ketones is 2. The first-order valence-corrected chi connectivity index (χ1v) is 17.7. The molecule has 264 valence electrons. The first-order chi connectivity index (χ1) is 23.7. The maximum absolute atomic E-state index is 17.6. The van der Waals surface area contributed by atoms with Crippen LogP contribution in [0.1, 0.15) is 153 Å². The molecule has 0 heterocycles. The normalized spacial score (nSPS) is 12.6. The Labute approximate surface area is 294 Å². The van der Waals surface area contributed by atoms with Crippen LogP contribution in [0.2, 0.25) is 0 Å². The number of phenols is 2. The second kappa shape index (κ2) is 14.6. The number of carbonyl (C=O) groups excluding carboxylic acids is 2. The van der Waals surface area contributed by atoms with E-state index in [4.69, 9.17) is 4.74 Å². The highest BCUT2D eigenvalue weighted by Crippen LogP contribution is 2.51. The van der Waals surface area contributed by atoms with E-state index >= 15 is 4.39 Å². The smallest absolute Gasteiger partial charge is 0.202 e. The van der Waals surface area contributed by atoms with E-state index in [9.17, 15) is 19.8 Å². The molecule has 0 aromatic heterocycles. The van der Waals surface area contributed by atoms with Gasteiger partial charge in [0.05, 0.1) is 28.9 Å². The van der Waals surface area contributed by atoms with E-state index in [0.29, 0.717) is 12.1 Å². The summed E-state index contributed by atoms with van der Waals surface area (Å²) in [5.41, 5.74) is 3.83. The van der Waals surface area contributed by atoms with Crippen molar-refractivity contribution in [3.63, 3.8) is 0 Å². The molecule has 50 heavy (non-hydrogen) atoms. The Morgan fingerprint density at radius 3 is 1.40 bits per heavy atom. The minimum atomic E-state index is -0.960. The lowest BCUT2D eigenvalue weighted by Crippen LogP contribution is -2.25. The summed E-state index contributed by atoms with van der Waals surface area (Å²) in [6, 6.07) is 14.3. The van der Waals surface area contributed by atoms with Gasteiger partial charge in [-0.3, -0.25) is 9.59 Å². The molecule has 0 aliphatic heterocycles. The summed E-state index contributed by atoms with van der Waals surface area (Å²) in [5, 5.41) is 28.6. The van der Waals surface area contributed by atoms with Gasteiger partial charge in [-0.25, -0.2) is 4.39 Å². The van der Waals surface area contributed by atoms with E-state index in [0.717, 1.165) is 46.5 Å². The molecule has 0 fully saturated rings. The van der Waals surface area contributed by atoms with Crippen LogP contribution < -0.4 is 15.4 Å². The number of phenolic OH excluding ortho intramolecular Hbond substituents is 2. The molecule has 0 unspecified atom stereocenters. The number of rotatable bonds is 12. The van der Waals surface area contributed by atoms with Crippen LogP contribution in [-0.4, -0.2) is 28.4 Å². The van der Waals surface area contributed by atoms with Gasteiger partial charge in [0.25, 0.3) is 0 Å². The topological polar surface area (TPSA) is 108 Å². The second-order valence-electron chi connectivity index (χ2n) is 14.3. The van der Waals surface area contributed by atoms with Crippen molar-refractivity contribution in [2.24, 2.45) is 0 Å². The van der Waals surface area contributed by atoms with Gasteiger partial charge in [-0.15, -0.1) is 0 Å². The first-order valence-electron chi connectivity index (χ1n) is 17.7. The van der Waals surface area contributed by atoms with Crippen LogP contribution >= 0.6 is 0 Å². The molecule has 7 nitrogen and oxygen atoms in total. The number of unbranched alkanes of at least 4 members (excludes halogenated alkanes) is 1. The molecule has 0 bridgehead atoms. The van der Waals surface area contributed by atoms with Crippen LogP contribution in [0, 0.1) is 5.82 Å². The van der Waals surface area contributed by atoms with E-state index in [2.05, 4.69) is 66.0 Å². The lowest BCUT2D eigenvalue weighted by molar-refractivity contribution is 0.0967. The third-order valence-electron chi connectivity index (χ3n) is 9.45. The van der Waals surface area contributed by atoms with Crippen molar-refractivity contribution in [3.05, 3.63) is 98.9 Å². The molecule has 5 rings (SSSR count). The molecule has 8 heteroatoms. The molecule has 1 aliphatic rings. The molecule has 4 aromatic carbocycles. The summed E-state index contributed by atoms with van der Waals surface area (Å²) in [5.74, 6) is -3.38. The van der Waals surface area contributed by atoms with Gasteiger partial charge in [0.2, 0.25) is 11.6 Å². The fourth-order valence-corrected chi connectivity index (χ4v) is 6.76. The highest BCUT2D eigenvalue weighted by molar-refractivity contribution is 6.32. The van der Waals surface area contributed by atoms with Crippen LogP contribution in [0.15, 0.2) is 48.5 Å². The lowest BCUT2D eigenvalue weighted by Gasteiger charge is -2.30. The number of aromatic hydroxyl groups is 2. The summed E-state index contributed by atoms with van der Waals surface area (Å²) in [4.78, 5) is 28.7. The second-order valence-corrected chi connectivity index (χ2v) is 14.3. The summed E-state index contributed by atoms with van der Waals surface area (Å²) in [7, 11) is 0. The summed E-state index contributed by atoms with van der Waals surface area (Å²) >= 11 is 0. The van der Waals surface area contributed by atoms with E-state index in [1.54, 1.807) is 0 Å². The Hall–Kier alpha value is -4.85. The van der Waals surface area contributed by atoms with Gasteiger partial charge in [-0.1, -0.05) is 105 Å². The number of ether oxygens (including phenoxy) is 1. The average molecular weight is 681 g/mol. The molecule has 4 aromatic rings. The Bertz CT molecular complexity index is 1910. The largest absolute Gasteiger partial charge is 0.507 e. The number of anilines is 4. The summed E-state index contributed by atoms with van der Waals surface area (Å²) in [6.07, 6.45) is 1.42. The fourth-order valence-electron chi connectivity index (χ4n) is 6.76. The predicted octanol–water partition coefficient (Wildman–Crippen LogP) is 11.2. The van der Waals surface area contributed by atoms with Crippen LogP contribution in [0.5, 0.6) is 17.2 Å². The van der Waals surface area contributed by atoms with Gasteiger partial charge in [0.1, 0.15) is 22.9 Å². The van der Waals surface area contributed by atoms with Crippen molar-refractivity contribution < 1.29 is 28.9 Å². The summed E-state index contributed by atoms with van der Waals surface area (Å²) in [6.45, 7) is 18.8. The standard InChI is InChI=1S/C42H49FN2O5/c1-10-11-20-50-42-34-33(40(48)31-29(46)18-19-30(47)32(31)41(34)49)35(43)38(44-36-25(21(2)3)14-12-15-26(36)22(4)5)39(42)45-37-27(23(6)7)16-13-17-28(37)24(8)9/h12-19,21-24,44-47H,10-11,20H2,1-9H3. The summed E-state index contributed by atoms with van der Waals surface area (Å²) < 4.78 is 24.1. The SMILES string of the molecule is CCCCOc1c(Nc2c(C(C)C)cccc2C(C)C)c(Nc2c(C(C)C)cccc2C(C)C)c(F)c2c1C(=O)c1c(O)ccc(O)c1C2=O. The Kier molecular flexibility index (Phi) is 10.6. The first kappa shape index (κ1) is 36.4. The van der Waals surface area contributed by atoms with Crippen molar-refractivity contribution in [2.75, 3.05) is 17.2 Å². The molecular formula is C42H49FN2O5. The molecule has 0 saturated carbocycles. The van der Waals surface area contributed by atoms with E-state index in [-0.39, 0.29) is 58.5 Å². The quantitative estimate of drug-likeness (QED) is 0.0767. The molecular weight excluding hydrogens is 631 g/mol. The Morgan fingerprint density at radius 1 is 0.600 bits per heavy atom. The zero-order valence-electron chi connectivity index (χ0n) is 30.5. The molecule has 0 spiro atoms. The number of hydrogen-bond acceptors (Lipinski definition) is 7. The molecule has 0 atom stereocenters. The third kappa shape index (κ3) is 6.43. The maximum Gasteiger partial charge on any atom is 0.202 e.